The molecule has 13 heavy (non-hydrogen) atoms. The summed E-state index contributed by atoms with van der Waals surface area (Å²) in [6.45, 7) is 9.46. The topological polar surface area (TPSA) is 15.3 Å². The molecule has 2 atom stereocenters. The number of piperazine rings is 1. The summed E-state index contributed by atoms with van der Waals surface area (Å²) in [6, 6.07) is 2.27. The Kier molecular flexibility index (Phi) is 2.61. The van der Waals surface area contributed by atoms with Crippen LogP contribution < -0.4 is 5.32 Å². The molecule has 1 aliphatic heterocycles. The van der Waals surface area contributed by atoms with Crippen molar-refractivity contribution in [1.29, 1.82) is 0 Å². The monoisotopic (exact) mass is 182 g/mol. The number of hydrogen-bond donors (Lipinski definition) is 1. The van der Waals surface area contributed by atoms with Crippen molar-refractivity contribution in [3.8, 4) is 0 Å². The fraction of sp³-hybridized carbons (Fsp3) is 1.00. The van der Waals surface area contributed by atoms with Crippen LogP contribution in [0.1, 0.15) is 33.6 Å². The first kappa shape index (κ1) is 9.47. The predicted octanol–water partition coefficient (Wildman–Crippen LogP) is 1.47. The van der Waals surface area contributed by atoms with E-state index in [1.807, 2.05) is 0 Å². The van der Waals surface area contributed by atoms with E-state index in [1.165, 1.54) is 25.9 Å². The lowest BCUT2D eigenvalue weighted by Crippen LogP contribution is -2.59. The molecule has 0 radical (unpaired) electrons. The summed E-state index contributed by atoms with van der Waals surface area (Å²) in [5.74, 6) is 0.977. The van der Waals surface area contributed by atoms with Crippen LogP contribution in [0.25, 0.3) is 0 Å². The first-order valence-electron chi connectivity index (χ1n) is 5.65. The molecule has 1 saturated heterocycles. The molecule has 2 unspecified atom stereocenters. The second kappa shape index (κ2) is 3.58. The molecule has 76 valence electrons. The van der Waals surface area contributed by atoms with Gasteiger partial charge in [-0.1, -0.05) is 6.92 Å². The lowest BCUT2D eigenvalue weighted by Gasteiger charge is -2.46. The van der Waals surface area contributed by atoms with Crippen LogP contribution >= 0.6 is 0 Å². The molecular weight excluding hydrogens is 160 g/mol. The van der Waals surface area contributed by atoms with Gasteiger partial charge in [-0.15, -0.1) is 0 Å². The number of rotatable bonds is 1. The van der Waals surface area contributed by atoms with E-state index in [0.29, 0.717) is 12.1 Å². The summed E-state index contributed by atoms with van der Waals surface area (Å²) in [7, 11) is 0. The molecule has 2 rings (SSSR count). The van der Waals surface area contributed by atoms with E-state index in [1.54, 1.807) is 0 Å². The Morgan fingerprint density at radius 1 is 1.00 bits per heavy atom. The molecule has 1 N–H and O–H groups in total. The summed E-state index contributed by atoms with van der Waals surface area (Å²) in [4.78, 5) is 2.69. The summed E-state index contributed by atoms with van der Waals surface area (Å²) in [5.41, 5.74) is 0. The summed E-state index contributed by atoms with van der Waals surface area (Å²) in [6.07, 6.45) is 2.86. The molecule has 1 heterocycles. The maximum absolute atomic E-state index is 3.58. The second-order valence-corrected chi connectivity index (χ2v) is 5.15. The maximum Gasteiger partial charge on any atom is 0.0169 e. The van der Waals surface area contributed by atoms with E-state index in [0.717, 1.165) is 12.0 Å². The summed E-state index contributed by atoms with van der Waals surface area (Å²) in [5, 5.41) is 3.58. The van der Waals surface area contributed by atoms with Crippen LogP contribution in [0, 0.1) is 5.92 Å². The van der Waals surface area contributed by atoms with Crippen molar-refractivity contribution in [2.75, 3.05) is 13.1 Å². The van der Waals surface area contributed by atoms with Crippen molar-refractivity contribution < 1.29 is 0 Å². The highest BCUT2D eigenvalue weighted by Gasteiger charge is 2.33. The highest BCUT2D eigenvalue weighted by atomic mass is 15.2. The molecule has 2 heteroatoms. The smallest absolute Gasteiger partial charge is 0.0169 e. The first-order valence-corrected chi connectivity index (χ1v) is 5.65. The summed E-state index contributed by atoms with van der Waals surface area (Å²) < 4.78 is 0. The minimum Gasteiger partial charge on any atom is -0.309 e. The molecular formula is C11H22N2. The van der Waals surface area contributed by atoms with Crippen molar-refractivity contribution in [3.05, 3.63) is 0 Å². The van der Waals surface area contributed by atoms with Crippen LogP contribution in [0.3, 0.4) is 0 Å². The largest absolute Gasteiger partial charge is 0.309 e. The van der Waals surface area contributed by atoms with E-state index in [9.17, 15) is 0 Å². The van der Waals surface area contributed by atoms with Gasteiger partial charge >= 0.3 is 0 Å². The minimum absolute atomic E-state index is 0.680. The Balaban J connectivity index is 1.85. The molecule has 0 aromatic carbocycles. The number of hydrogen-bond acceptors (Lipinski definition) is 2. The molecule has 0 aromatic rings. The molecule has 0 bridgehead atoms. The fourth-order valence-corrected chi connectivity index (χ4v) is 2.83. The highest BCUT2D eigenvalue weighted by molar-refractivity contribution is 4.90. The van der Waals surface area contributed by atoms with Crippen LogP contribution in [0.2, 0.25) is 0 Å². The lowest BCUT2D eigenvalue weighted by atomic mass is 9.80. The van der Waals surface area contributed by atoms with Crippen LogP contribution in [-0.4, -0.2) is 36.1 Å². The third kappa shape index (κ3) is 2.05. The van der Waals surface area contributed by atoms with Crippen molar-refractivity contribution >= 4 is 0 Å². The first-order chi connectivity index (χ1) is 6.15. The number of nitrogens with one attached hydrogen (secondary N) is 1. The Morgan fingerprint density at radius 3 is 2.00 bits per heavy atom. The van der Waals surface area contributed by atoms with Gasteiger partial charge in [-0.25, -0.2) is 0 Å². The van der Waals surface area contributed by atoms with Crippen LogP contribution in [-0.2, 0) is 0 Å². The SMILES string of the molecule is CC1CC(N2CC(C)NC(C)C2)C1. The van der Waals surface area contributed by atoms with Crippen molar-refractivity contribution in [2.24, 2.45) is 5.92 Å². The van der Waals surface area contributed by atoms with Gasteiger partial charge in [0, 0.05) is 31.2 Å². The van der Waals surface area contributed by atoms with Gasteiger partial charge in [-0.2, -0.15) is 0 Å². The standard InChI is InChI=1S/C11H22N2/c1-8-4-11(5-8)13-6-9(2)12-10(3)7-13/h8-12H,4-7H2,1-3H3. The molecule has 0 spiro atoms. The van der Waals surface area contributed by atoms with Crippen molar-refractivity contribution in [1.82, 2.24) is 10.2 Å². The third-order valence-corrected chi connectivity index (χ3v) is 3.45. The van der Waals surface area contributed by atoms with Crippen LogP contribution in [0.15, 0.2) is 0 Å². The zero-order valence-corrected chi connectivity index (χ0v) is 9.09. The third-order valence-electron chi connectivity index (χ3n) is 3.45. The Morgan fingerprint density at radius 2 is 1.54 bits per heavy atom. The highest BCUT2D eigenvalue weighted by Crippen LogP contribution is 2.31. The van der Waals surface area contributed by atoms with Gasteiger partial charge in [0.05, 0.1) is 0 Å². The average molecular weight is 182 g/mol. The Labute approximate surface area is 81.7 Å². The van der Waals surface area contributed by atoms with Gasteiger partial charge in [0.1, 0.15) is 0 Å². The molecule has 2 fully saturated rings. The number of nitrogens with zero attached hydrogens (tertiary/aromatic N) is 1. The fourth-order valence-electron chi connectivity index (χ4n) is 2.83. The Bertz CT molecular complexity index is 165. The molecule has 1 aliphatic carbocycles. The summed E-state index contributed by atoms with van der Waals surface area (Å²) >= 11 is 0. The molecule has 0 amide bonds. The molecule has 1 saturated carbocycles. The second-order valence-electron chi connectivity index (χ2n) is 5.15. The average Bonchev–Trinajstić information content (AvgIpc) is 1.96. The van der Waals surface area contributed by atoms with Crippen LogP contribution in [0.5, 0.6) is 0 Å². The van der Waals surface area contributed by atoms with E-state index >= 15 is 0 Å². The Hall–Kier alpha value is -0.0800. The van der Waals surface area contributed by atoms with E-state index in [4.69, 9.17) is 0 Å². The van der Waals surface area contributed by atoms with Crippen molar-refractivity contribution in [2.45, 2.75) is 51.7 Å². The van der Waals surface area contributed by atoms with Gasteiger partial charge in [-0.3, -0.25) is 4.90 Å². The molecule has 2 aliphatic rings. The van der Waals surface area contributed by atoms with Crippen LogP contribution in [0.4, 0.5) is 0 Å². The van der Waals surface area contributed by atoms with E-state index < -0.39 is 0 Å². The minimum atomic E-state index is 0.680. The lowest BCUT2D eigenvalue weighted by molar-refractivity contribution is 0.0487. The zero-order chi connectivity index (χ0) is 9.42. The van der Waals surface area contributed by atoms with E-state index in [-0.39, 0.29) is 0 Å². The quantitative estimate of drug-likeness (QED) is 0.660. The zero-order valence-electron chi connectivity index (χ0n) is 9.09. The van der Waals surface area contributed by atoms with Gasteiger partial charge < -0.3 is 5.32 Å². The maximum atomic E-state index is 3.58. The van der Waals surface area contributed by atoms with Gasteiger partial charge in [-0.05, 0) is 32.6 Å². The van der Waals surface area contributed by atoms with Gasteiger partial charge in [0.2, 0.25) is 0 Å². The molecule has 2 nitrogen and oxygen atoms in total. The normalized spacial score (nSPS) is 47.3. The van der Waals surface area contributed by atoms with Crippen molar-refractivity contribution in [3.63, 3.8) is 0 Å². The van der Waals surface area contributed by atoms with Gasteiger partial charge in [0.15, 0.2) is 0 Å². The predicted molar refractivity (Wildman–Crippen MR) is 55.8 cm³/mol. The van der Waals surface area contributed by atoms with Gasteiger partial charge in [0.25, 0.3) is 0 Å². The van der Waals surface area contributed by atoms with E-state index in [2.05, 4.69) is 31.0 Å². The molecule has 0 aromatic heterocycles.